The number of nitrogens with two attached hydrogens (primary N) is 1. The molecule has 0 amide bonds. The van der Waals surface area contributed by atoms with E-state index in [1.54, 1.807) is 0 Å². The number of hydrogen-bond donors (Lipinski definition) is 3. The lowest BCUT2D eigenvalue weighted by molar-refractivity contribution is -0.153. The Balaban J connectivity index is 0.000000473. The molecule has 0 radical (unpaired) electrons. The summed E-state index contributed by atoms with van der Waals surface area (Å²) in [6.45, 7) is 10.4. The van der Waals surface area contributed by atoms with Crippen molar-refractivity contribution in [3.05, 3.63) is 0 Å². The van der Waals surface area contributed by atoms with Crippen LogP contribution in [-0.4, -0.2) is 75.6 Å². The molecule has 0 aromatic carbocycles. The molecule has 0 spiro atoms. The standard InChI is InChI=1S/C11H21NO3.C5H12N2O.C5H8O2.ClH/c1-11(2,3)15-10(13)7-12-9-5-4-6-14-8-9;6-7-5-2-1-3-8-4-5;6-5-1-3-7-4-2-5;/h9,12H,4-8H2,1-3H3;5,7H,1-4,6H2;1-4H2;1H. The Morgan fingerprint density at radius 3 is 1.90 bits per heavy atom. The molecule has 31 heavy (non-hydrogen) atoms. The number of carbonyl (C=O) groups is 2. The number of nitrogens with one attached hydrogen (secondary N) is 2. The number of halogens is 1. The summed E-state index contributed by atoms with van der Waals surface area (Å²) in [6, 6.07) is 0.690. The Bertz CT molecular complexity index is 470. The second-order valence-electron chi connectivity index (χ2n) is 8.61. The van der Waals surface area contributed by atoms with E-state index < -0.39 is 5.60 Å². The Morgan fingerprint density at radius 2 is 1.55 bits per heavy atom. The summed E-state index contributed by atoms with van der Waals surface area (Å²) in [5.74, 6) is 5.31. The molecular weight excluding hydrogens is 426 g/mol. The topological polar surface area (TPSA) is 121 Å². The Hall–Kier alpha value is -0.810. The molecule has 3 fully saturated rings. The molecule has 3 aliphatic heterocycles. The quantitative estimate of drug-likeness (QED) is 0.321. The average molecular weight is 468 g/mol. The maximum Gasteiger partial charge on any atom is 0.320 e. The fraction of sp³-hybridized carbons (Fsp3) is 0.905. The van der Waals surface area contributed by atoms with Gasteiger partial charge in [0.2, 0.25) is 0 Å². The van der Waals surface area contributed by atoms with Crippen LogP contribution in [0.25, 0.3) is 0 Å². The third-order valence-electron chi connectivity index (χ3n) is 4.56. The zero-order chi connectivity index (χ0) is 22.2. The van der Waals surface area contributed by atoms with Gasteiger partial charge in [-0.3, -0.25) is 20.9 Å². The Kier molecular flexibility index (Phi) is 17.2. The predicted molar refractivity (Wildman–Crippen MR) is 121 cm³/mol. The van der Waals surface area contributed by atoms with Gasteiger partial charge >= 0.3 is 5.97 Å². The van der Waals surface area contributed by atoms with Gasteiger partial charge in [-0.05, 0) is 46.5 Å². The number of Topliss-reactive ketones (excluding diaryl/α,β-unsaturated/α-hetero) is 1. The van der Waals surface area contributed by atoms with Crippen LogP contribution in [0.5, 0.6) is 0 Å². The number of ether oxygens (including phenoxy) is 4. The molecule has 2 atom stereocenters. The summed E-state index contributed by atoms with van der Waals surface area (Å²) >= 11 is 0. The van der Waals surface area contributed by atoms with E-state index in [2.05, 4.69) is 10.7 Å². The number of ketones is 1. The van der Waals surface area contributed by atoms with Crippen LogP contribution >= 0.6 is 12.4 Å². The van der Waals surface area contributed by atoms with Crippen LogP contribution in [0, 0.1) is 0 Å². The summed E-state index contributed by atoms with van der Waals surface area (Å²) in [5, 5.41) is 3.14. The van der Waals surface area contributed by atoms with Crippen molar-refractivity contribution < 1.29 is 28.5 Å². The molecule has 3 rings (SSSR count). The van der Waals surface area contributed by atoms with Crippen molar-refractivity contribution >= 4 is 24.2 Å². The molecule has 9 nitrogen and oxygen atoms in total. The summed E-state index contributed by atoms with van der Waals surface area (Å²) in [7, 11) is 0. The summed E-state index contributed by atoms with van der Waals surface area (Å²) in [5.41, 5.74) is 2.28. The molecule has 0 aliphatic carbocycles. The molecule has 10 heteroatoms. The highest BCUT2D eigenvalue weighted by molar-refractivity contribution is 5.85. The Labute approximate surface area is 192 Å². The van der Waals surface area contributed by atoms with E-state index in [-0.39, 0.29) is 24.9 Å². The summed E-state index contributed by atoms with van der Waals surface area (Å²) in [4.78, 5) is 21.8. The van der Waals surface area contributed by atoms with Gasteiger partial charge in [-0.25, -0.2) is 0 Å². The van der Waals surface area contributed by atoms with Crippen LogP contribution in [0.2, 0.25) is 0 Å². The van der Waals surface area contributed by atoms with Crippen LogP contribution in [0.3, 0.4) is 0 Å². The first kappa shape index (κ1) is 30.2. The molecule has 0 aromatic rings. The van der Waals surface area contributed by atoms with E-state index >= 15 is 0 Å². The zero-order valence-corrected chi connectivity index (χ0v) is 20.1. The van der Waals surface area contributed by atoms with E-state index in [0.29, 0.717) is 50.5 Å². The smallest absolute Gasteiger partial charge is 0.320 e. The highest BCUT2D eigenvalue weighted by Gasteiger charge is 2.18. The minimum absolute atomic E-state index is 0. The molecular formula is C21H42ClN3O6. The maximum atomic E-state index is 11.4. The molecule has 3 heterocycles. The van der Waals surface area contributed by atoms with Crippen molar-refractivity contribution in [3.63, 3.8) is 0 Å². The van der Waals surface area contributed by atoms with Gasteiger partial charge in [0.25, 0.3) is 0 Å². The lowest BCUT2D eigenvalue weighted by atomic mass is 10.1. The van der Waals surface area contributed by atoms with Gasteiger partial charge in [0, 0.05) is 38.1 Å². The van der Waals surface area contributed by atoms with Crippen molar-refractivity contribution in [1.29, 1.82) is 0 Å². The van der Waals surface area contributed by atoms with Crippen molar-refractivity contribution in [1.82, 2.24) is 10.7 Å². The van der Waals surface area contributed by atoms with Crippen LogP contribution < -0.4 is 16.6 Å². The number of hydrazine groups is 1. The first-order chi connectivity index (χ1) is 14.3. The zero-order valence-electron chi connectivity index (χ0n) is 19.3. The summed E-state index contributed by atoms with van der Waals surface area (Å²) in [6.07, 6.45) is 5.67. The first-order valence-corrected chi connectivity index (χ1v) is 11.0. The first-order valence-electron chi connectivity index (χ1n) is 11.0. The number of esters is 1. The van der Waals surface area contributed by atoms with E-state index in [1.165, 1.54) is 0 Å². The molecule has 3 saturated heterocycles. The lowest BCUT2D eigenvalue weighted by Crippen LogP contribution is -2.41. The second-order valence-corrected chi connectivity index (χ2v) is 8.61. The molecule has 2 unspecified atom stereocenters. The average Bonchev–Trinajstić information content (AvgIpc) is 2.74. The molecule has 0 saturated carbocycles. The molecule has 4 N–H and O–H groups in total. The van der Waals surface area contributed by atoms with Gasteiger partial charge in [-0.15, -0.1) is 12.4 Å². The van der Waals surface area contributed by atoms with Gasteiger partial charge in [0.05, 0.1) is 33.0 Å². The largest absolute Gasteiger partial charge is 0.459 e. The minimum Gasteiger partial charge on any atom is -0.459 e. The van der Waals surface area contributed by atoms with Gasteiger partial charge in [0.1, 0.15) is 11.4 Å². The third kappa shape index (κ3) is 17.4. The highest BCUT2D eigenvalue weighted by atomic mass is 35.5. The predicted octanol–water partition coefficient (Wildman–Crippen LogP) is 1.51. The third-order valence-corrected chi connectivity index (χ3v) is 4.56. The molecule has 0 bridgehead atoms. The van der Waals surface area contributed by atoms with Crippen molar-refractivity contribution in [2.75, 3.05) is 46.2 Å². The van der Waals surface area contributed by atoms with Gasteiger partial charge in [-0.1, -0.05) is 0 Å². The highest BCUT2D eigenvalue weighted by Crippen LogP contribution is 2.08. The molecule has 3 aliphatic rings. The van der Waals surface area contributed by atoms with E-state index in [4.69, 9.17) is 24.8 Å². The Morgan fingerprint density at radius 1 is 1.00 bits per heavy atom. The van der Waals surface area contributed by atoms with Crippen LogP contribution in [0.15, 0.2) is 0 Å². The molecule has 184 valence electrons. The maximum absolute atomic E-state index is 11.4. The van der Waals surface area contributed by atoms with E-state index in [0.717, 1.165) is 45.5 Å². The number of hydrogen-bond acceptors (Lipinski definition) is 9. The normalized spacial score (nSPS) is 23.8. The van der Waals surface area contributed by atoms with Crippen LogP contribution in [0.4, 0.5) is 0 Å². The minimum atomic E-state index is -0.401. The van der Waals surface area contributed by atoms with Gasteiger partial charge < -0.3 is 24.3 Å². The monoisotopic (exact) mass is 467 g/mol. The second kappa shape index (κ2) is 17.7. The SMILES string of the molecule is CC(C)(C)OC(=O)CNC1CCCOC1.Cl.NNC1CCCOC1.O=C1CCOCC1. The van der Waals surface area contributed by atoms with Crippen molar-refractivity contribution in [2.45, 2.75) is 77.0 Å². The van der Waals surface area contributed by atoms with Crippen LogP contribution in [-0.2, 0) is 28.5 Å². The van der Waals surface area contributed by atoms with Crippen LogP contribution in [0.1, 0.15) is 59.3 Å². The van der Waals surface area contributed by atoms with Gasteiger partial charge in [0.15, 0.2) is 0 Å². The van der Waals surface area contributed by atoms with Crippen molar-refractivity contribution in [3.8, 4) is 0 Å². The lowest BCUT2D eigenvalue weighted by Gasteiger charge is -2.24. The fourth-order valence-corrected chi connectivity index (χ4v) is 2.98. The van der Waals surface area contributed by atoms with E-state index in [1.807, 2.05) is 20.8 Å². The van der Waals surface area contributed by atoms with E-state index in [9.17, 15) is 9.59 Å². The van der Waals surface area contributed by atoms with Gasteiger partial charge in [-0.2, -0.15) is 0 Å². The molecule has 0 aromatic heterocycles. The fourth-order valence-electron chi connectivity index (χ4n) is 2.98. The van der Waals surface area contributed by atoms with Crippen molar-refractivity contribution in [2.24, 2.45) is 5.84 Å². The number of rotatable bonds is 4. The summed E-state index contributed by atoms with van der Waals surface area (Å²) < 4.78 is 20.5. The number of carbonyl (C=O) groups excluding carboxylic acids is 2.